The number of hydrogen-bond acceptors (Lipinski definition) is 5. The molecule has 9 heteroatoms. The number of guanidine groups is 1. The topological polar surface area (TPSA) is 70.1 Å². The molecule has 0 aliphatic heterocycles. The quantitative estimate of drug-likeness (QED) is 0.322. The number of halogens is 1. The van der Waals surface area contributed by atoms with E-state index in [4.69, 9.17) is 9.73 Å². The first-order valence-electron chi connectivity index (χ1n) is 9.21. The summed E-state index contributed by atoms with van der Waals surface area (Å²) in [6, 6.07) is 7.67. The number of nitrogens with one attached hydrogen (secondary N) is 1. The number of aryl methyl sites for hydroxylation is 1. The van der Waals surface area contributed by atoms with E-state index in [9.17, 15) is 4.79 Å². The molecule has 0 unspecified atom stereocenters. The van der Waals surface area contributed by atoms with Gasteiger partial charge in [-0.15, -0.1) is 35.3 Å². The number of benzene rings is 1. The fourth-order valence-electron chi connectivity index (χ4n) is 2.44. The van der Waals surface area contributed by atoms with E-state index in [1.807, 2.05) is 45.2 Å². The number of carbonyl (C=O) groups is 1. The van der Waals surface area contributed by atoms with E-state index >= 15 is 0 Å². The van der Waals surface area contributed by atoms with Gasteiger partial charge in [0.25, 0.3) is 5.91 Å². The maximum atomic E-state index is 11.7. The standard InChI is InChI=1S/C20H29N5O2S.HI/c1-6-21-20(25(5)12-17-14-28-15(2)23-17)22-11-16-8-7-9-18(10-16)27-13-19(26)24(3)4;/h7-10,14H,6,11-13H2,1-5H3,(H,21,22);1H. The van der Waals surface area contributed by atoms with E-state index in [1.54, 1.807) is 25.4 Å². The molecule has 1 N–H and O–H groups in total. The molecule has 2 aromatic rings. The lowest BCUT2D eigenvalue weighted by Crippen LogP contribution is -2.38. The largest absolute Gasteiger partial charge is 0.484 e. The van der Waals surface area contributed by atoms with Gasteiger partial charge in [0, 0.05) is 33.1 Å². The third-order valence-corrected chi connectivity index (χ3v) is 4.76. The van der Waals surface area contributed by atoms with Gasteiger partial charge in [-0.25, -0.2) is 9.98 Å². The van der Waals surface area contributed by atoms with Crippen molar-refractivity contribution in [3.8, 4) is 5.75 Å². The average molecular weight is 531 g/mol. The van der Waals surface area contributed by atoms with Crippen LogP contribution in [0.5, 0.6) is 5.75 Å². The minimum atomic E-state index is -0.0724. The number of ether oxygens (including phenoxy) is 1. The molecular weight excluding hydrogens is 501 g/mol. The zero-order valence-corrected chi connectivity index (χ0v) is 20.8. The van der Waals surface area contributed by atoms with Crippen molar-refractivity contribution >= 4 is 47.2 Å². The van der Waals surface area contributed by atoms with Crippen LogP contribution in [0.25, 0.3) is 0 Å². The van der Waals surface area contributed by atoms with Crippen LogP contribution in [0.15, 0.2) is 34.6 Å². The molecule has 1 aromatic carbocycles. The van der Waals surface area contributed by atoms with E-state index in [2.05, 4.69) is 20.6 Å². The summed E-state index contributed by atoms with van der Waals surface area (Å²) < 4.78 is 5.58. The van der Waals surface area contributed by atoms with Gasteiger partial charge in [-0.3, -0.25) is 4.79 Å². The van der Waals surface area contributed by atoms with Crippen LogP contribution in [0.3, 0.4) is 0 Å². The number of nitrogens with zero attached hydrogens (tertiary/aromatic N) is 4. The zero-order valence-electron chi connectivity index (χ0n) is 17.6. The lowest BCUT2D eigenvalue weighted by Gasteiger charge is -2.21. The minimum Gasteiger partial charge on any atom is -0.484 e. The molecule has 29 heavy (non-hydrogen) atoms. The van der Waals surface area contributed by atoms with Crippen LogP contribution in [0.2, 0.25) is 0 Å². The number of aromatic nitrogens is 1. The Hall–Kier alpha value is -1.88. The van der Waals surface area contributed by atoms with Crippen LogP contribution in [-0.4, -0.2) is 60.9 Å². The van der Waals surface area contributed by atoms with E-state index in [0.29, 0.717) is 18.8 Å². The predicted molar refractivity (Wildman–Crippen MR) is 129 cm³/mol. The normalized spacial score (nSPS) is 10.9. The van der Waals surface area contributed by atoms with Gasteiger partial charge < -0.3 is 19.9 Å². The van der Waals surface area contributed by atoms with Crippen molar-refractivity contribution in [1.29, 1.82) is 0 Å². The van der Waals surface area contributed by atoms with Gasteiger partial charge in [0.05, 0.1) is 23.8 Å². The third-order valence-electron chi connectivity index (χ3n) is 3.93. The first-order valence-corrected chi connectivity index (χ1v) is 10.1. The lowest BCUT2D eigenvalue weighted by molar-refractivity contribution is -0.130. The SMILES string of the molecule is CCNC(=NCc1cccc(OCC(=O)N(C)C)c1)N(C)Cc1csc(C)n1.I. The summed E-state index contributed by atoms with van der Waals surface area (Å²) in [5.41, 5.74) is 2.06. The second-order valence-electron chi connectivity index (χ2n) is 6.61. The van der Waals surface area contributed by atoms with Gasteiger partial charge in [0.15, 0.2) is 12.6 Å². The highest BCUT2D eigenvalue weighted by atomic mass is 127. The molecule has 160 valence electrons. The number of thiazole rings is 1. The molecule has 1 aromatic heterocycles. The Morgan fingerprint density at radius 1 is 1.31 bits per heavy atom. The molecule has 0 radical (unpaired) electrons. The number of amides is 1. The van der Waals surface area contributed by atoms with E-state index < -0.39 is 0 Å². The molecule has 0 fully saturated rings. The maximum Gasteiger partial charge on any atom is 0.259 e. The summed E-state index contributed by atoms with van der Waals surface area (Å²) in [5.74, 6) is 1.42. The van der Waals surface area contributed by atoms with Crippen molar-refractivity contribution in [2.45, 2.75) is 26.9 Å². The molecule has 0 saturated heterocycles. The van der Waals surface area contributed by atoms with Crippen molar-refractivity contribution in [3.63, 3.8) is 0 Å². The molecular formula is C20H30IN5O2S. The van der Waals surface area contributed by atoms with E-state index in [0.717, 1.165) is 28.8 Å². The highest BCUT2D eigenvalue weighted by Crippen LogP contribution is 2.15. The van der Waals surface area contributed by atoms with Crippen molar-refractivity contribution in [2.24, 2.45) is 4.99 Å². The molecule has 1 amide bonds. The van der Waals surface area contributed by atoms with Crippen LogP contribution < -0.4 is 10.1 Å². The van der Waals surface area contributed by atoms with E-state index in [-0.39, 0.29) is 36.5 Å². The van der Waals surface area contributed by atoms with Crippen molar-refractivity contribution in [3.05, 3.63) is 45.9 Å². The molecule has 0 atom stereocenters. The summed E-state index contributed by atoms with van der Waals surface area (Å²) in [6.45, 7) is 6.09. The van der Waals surface area contributed by atoms with Crippen LogP contribution in [0, 0.1) is 6.92 Å². The smallest absolute Gasteiger partial charge is 0.259 e. The van der Waals surface area contributed by atoms with Gasteiger partial charge >= 0.3 is 0 Å². The molecule has 0 spiro atoms. The molecule has 7 nitrogen and oxygen atoms in total. The van der Waals surface area contributed by atoms with Gasteiger partial charge in [0.1, 0.15) is 5.75 Å². The maximum absolute atomic E-state index is 11.7. The first-order chi connectivity index (χ1) is 13.4. The fourth-order valence-corrected chi connectivity index (χ4v) is 3.05. The molecule has 0 saturated carbocycles. The monoisotopic (exact) mass is 531 g/mol. The Balaban J connectivity index is 0.00000420. The Morgan fingerprint density at radius 3 is 2.69 bits per heavy atom. The van der Waals surface area contributed by atoms with Gasteiger partial charge in [-0.1, -0.05) is 12.1 Å². The number of carbonyl (C=O) groups excluding carboxylic acids is 1. The summed E-state index contributed by atoms with van der Waals surface area (Å²) >= 11 is 1.65. The summed E-state index contributed by atoms with van der Waals surface area (Å²) in [6.07, 6.45) is 0. The zero-order chi connectivity index (χ0) is 20.5. The average Bonchev–Trinajstić information content (AvgIpc) is 3.07. The van der Waals surface area contributed by atoms with Crippen LogP contribution in [-0.2, 0) is 17.9 Å². The highest BCUT2D eigenvalue weighted by molar-refractivity contribution is 14.0. The Morgan fingerprint density at radius 2 is 2.07 bits per heavy atom. The van der Waals surface area contributed by atoms with Crippen molar-refractivity contribution < 1.29 is 9.53 Å². The van der Waals surface area contributed by atoms with Crippen LogP contribution in [0.1, 0.15) is 23.2 Å². The Labute approximate surface area is 194 Å². The number of likely N-dealkylation sites (N-methyl/N-ethyl adjacent to an activating group) is 1. The Kier molecular flexibility index (Phi) is 11.0. The Bertz CT molecular complexity index is 810. The third kappa shape index (κ3) is 8.57. The molecule has 0 aliphatic carbocycles. The lowest BCUT2D eigenvalue weighted by atomic mass is 10.2. The highest BCUT2D eigenvalue weighted by Gasteiger charge is 2.09. The van der Waals surface area contributed by atoms with Crippen LogP contribution >= 0.6 is 35.3 Å². The van der Waals surface area contributed by atoms with Gasteiger partial charge in [-0.05, 0) is 31.5 Å². The second-order valence-corrected chi connectivity index (χ2v) is 7.67. The fraction of sp³-hybridized carbons (Fsp3) is 0.450. The predicted octanol–water partition coefficient (Wildman–Crippen LogP) is 3.13. The molecule has 0 bridgehead atoms. The van der Waals surface area contributed by atoms with Crippen LogP contribution in [0.4, 0.5) is 0 Å². The van der Waals surface area contributed by atoms with Gasteiger partial charge in [-0.2, -0.15) is 0 Å². The van der Waals surface area contributed by atoms with Crippen molar-refractivity contribution in [1.82, 2.24) is 20.1 Å². The molecule has 2 rings (SSSR count). The summed E-state index contributed by atoms with van der Waals surface area (Å²) in [4.78, 5) is 24.5. The number of rotatable bonds is 8. The van der Waals surface area contributed by atoms with E-state index in [1.165, 1.54) is 4.90 Å². The van der Waals surface area contributed by atoms with Gasteiger partial charge in [0.2, 0.25) is 0 Å². The number of hydrogen-bond donors (Lipinski definition) is 1. The second kappa shape index (κ2) is 12.6. The summed E-state index contributed by atoms with van der Waals surface area (Å²) in [5, 5.41) is 6.46. The first kappa shape index (κ1) is 25.2. The summed E-state index contributed by atoms with van der Waals surface area (Å²) in [7, 11) is 5.42. The number of aliphatic imine (C=N–C) groups is 1. The van der Waals surface area contributed by atoms with Crippen molar-refractivity contribution in [2.75, 3.05) is 34.3 Å². The molecule has 0 aliphatic rings. The minimum absolute atomic E-state index is 0. The molecule has 1 heterocycles.